The number of carbonyl (C=O) groups is 1. The smallest absolute Gasteiger partial charge is 1.00 e. The van der Waals surface area contributed by atoms with Crippen molar-refractivity contribution in [3.63, 3.8) is 0 Å². The minimum absolute atomic E-state index is 0. The van der Waals surface area contributed by atoms with Crippen molar-refractivity contribution in [2.75, 3.05) is 0 Å². The molecule has 0 aliphatic carbocycles. The Morgan fingerprint density at radius 1 is 0.632 bits per heavy atom. The molecule has 0 heterocycles. The van der Waals surface area contributed by atoms with Crippen LogP contribution in [0.15, 0.2) is 48.5 Å². The standard InChI is InChI=1S/2C8H10.CH2O.Li.H/c2*1-7-5-3-4-6-8(7)2;1-2;;/h2*3-6H,1-2H3;1H2;;/q;;;+1;-1. The first kappa shape index (κ1) is 20.0. The molecule has 0 aliphatic heterocycles. The molecule has 0 radical (unpaired) electrons. The van der Waals surface area contributed by atoms with E-state index in [2.05, 4.69) is 76.2 Å². The van der Waals surface area contributed by atoms with Crippen molar-refractivity contribution < 1.29 is 25.1 Å². The molecule has 19 heavy (non-hydrogen) atoms. The Kier molecular flexibility index (Phi) is 12.4. The predicted octanol–water partition coefficient (Wildman–Crippen LogP) is 1.54. The molecular weight excluding hydrogens is 227 g/mol. The van der Waals surface area contributed by atoms with E-state index in [4.69, 9.17) is 4.79 Å². The Bertz CT molecular complexity index is 387. The van der Waals surface area contributed by atoms with Crippen LogP contribution in [0.3, 0.4) is 0 Å². The van der Waals surface area contributed by atoms with Gasteiger partial charge < -0.3 is 6.22 Å². The molecule has 0 bridgehead atoms. The van der Waals surface area contributed by atoms with Gasteiger partial charge in [-0.3, -0.25) is 0 Å². The molecule has 2 aromatic rings. The molecule has 0 spiro atoms. The zero-order valence-electron chi connectivity index (χ0n) is 13.7. The van der Waals surface area contributed by atoms with Crippen molar-refractivity contribution in [2.24, 2.45) is 0 Å². The van der Waals surface area contributed by atoms with Crippen molar-refractivity contribution in [3.05, 3.63) is 70.8 Å². The van der Waals surface area contributed by atoms with E-state index >= 15 is 0 Å². The van der Waals surface area contributed by atoms with Gasteiger partial charge in [0.25, 0.3) is 0 Å². The first-order valence-electron chi connectivity index (χ1n) is 5.94. The molecule has 2 heteroatoms. The quantitative estimate of drug-likeness (QED) is 0.648. The van der Waals surface area contributed by atoms with E-state index in [1.54, 1.807) is 0 Å². The monoisotopic (exact) mass is 250 g/mol. The minimum Gasteiger partial charge on any atom is -1.00 e. The zero-order chi connectivity index (χ0) is 14.0. The van der Waals surface area contributed by atoms with E-state index in [9.17, 15) is 0 Å². The van der Waals surface area contributed by atoms with Gasteiger partial charge in [0, 0.05) is 0 Å². The molecule has 0 aromatic heterocycles. The Balaban J connectivity index is -0.000000236. The third-order valence-corrected chi connectivity index (χ3v) is 2.85. The maximum atomic E-state index is 8.00. The van der Waals surface area contributed by atoms with Crippen molar-refractivity contribution in [3.8, 4) is 0 Å². The average Bonchev–Trinajstić information content (AvgIpc) is 2.40. The molecule has 0 N–H and O–H groups in total. The van der Waals surface area contributed by atoms with Crippen LogP contribution in [0.4, 0.5) is 0 Å². The Hall–Kier alpha value is -1.29. The summed E-state index contributed by atoms with van der Waals surface area (Å²) in [5, 5.41) is 0. The van der Waals surface area contributed by atoms with Crippen LogP contribution < -0.4 is 18.9 Å². The third-order valence-electron chi connectivity index (χ3n) is 2.85. The Morgan fingerprint density at radius 3 is 0.895 bits per heavy atom. The topological polar surface area (TPSA) is 17.1 Å². The van der Waals surface area contributed by atoms with Gasteiger partial charge in [-0.25, -0.2) is 0 Å². The van der Waals surface area contributed by atoms with Gasteiger partial charge in [0.15, 0.2) is 0 Å². The molecule has 98 valence electrons. The molecule has 0 atom stereocenters. The molecule has 0 unspecified atom stereocenters. The van der Waals surface area contributed by atoms with E-state index in [1.165, 1.54) is 22.3 Å². The van der Waals surface area contributed by atoms with Gasteiger partial charge in [0.05, 0.1) is 0 Å². The summed E-state index contributed by atoms with van der Waals surface area (Å²) >= 11 is 0. The number of rotatable bonds is 0. The predicted molar refractivity (Wildman–Crippen MR) is 80.1 cm³/mol. The summed E-state index contributed by atoms with van der Waals surface area (Å²) in [6.07, 6.45) is 0. The second-order valence-electron chi connectivity index (χ2n) is 4.17. The molecule has 0 saturated heterocycles. The van der Waals surface area contributed by atoms with Gasteiger partial charge >= 0.3 is 18.9 Å². The van der Waals surface area contributed by atoms with Crippen molar-refractivity contribution in [1.29, 1.82) is 0 Å². The molecule has 0 fully saturated rings. The van der Waals surface area contributed by atoms with Crippen LogP contribution in [-0.4, -0.2) is 6.79 Å². The van der Waals surface area contributed by atoms with Gasteiger partial charge in [-0.1, -0.05) is 48.5 Å². The number of aryl methyl sites for hydroxylation is 4. The van der Waals surface area contributed by atoms with E-state index in [0.717, 1.165) is 0 Å². The summed E-state index contributed by atoms with van der Waals surface area (Å²) in [6, 6.07) is 16.7. The van der Waals surface area contributed by atoms with Gasteiger partial charge in [-0.2, -0.15) is 0 Å². The number of hydrogen-bond donors (Lipinski definition) is 0. The third kappa shape index (κ3) is 8.43. The fourth-order valence-electron chi connectivity index (χ4n) is 1.33. The van der Waals surface area contributed by atoms with Gasteiger partial charge in [0.2, 0.25) is 0 Å². The summed E-state index contributed by atoms with van der Waals surface area (Å²) in [5.74, 6) is 0. The van der Waals surface area contributed by atoms with Crippen molar-refractivity contribution >= 4 is 6.79 Å². The van der Waals surface area contributed by atoms with Crippen LogP contribution in [0.25, 0.3) is 0 Å². The van der Waals surface area contributed by atoms with Crippen LogP contribution in [0.2, 0.25) is 0 Å². The second kappa shape index (κ2) is 11.8. The molecular formula is C17H23LiO. The normalized spacial score (nSPS) is 8.00. The Morgan fingerprint density at radius 2 is 0.789 bits per heavy atom. The fraction of sp³-hybridized carbons (Fsp3) is 0.235. The molecule has 0 saturated carbocycles. The molecule has 1 nitrogen and oxygen atoms in total. The van der Waals surface area contributed by atoms with E-state index < -0.39 is 0 Å². The first-order valence-corrected chi connectivity index (χ1v) is 5.94. The number of carbonyl (C=O) groups excluding carboxylic acids is 1. The summed E-state index contributed by atoms with van der Waals surface area (Å²) in [7, 11) is 0. The van der Waals surface area contributed by atoms with Gasteiger partial charge in [0.1, 0.15) is 6.79 Å². The zero-order valence-corrected chi connectivity index (χ0v) is 12.7. The van der Waals surface area contributed by atoms with E-state index in [-0.39, 0.29) is 20.3 Å². The van der Waals surface area contributed by atoms with Crippen LogP contribution in [-0.2, 0) is 4.79 Å². The summed E-state index contributed by atoms with van der Waals surface area (Å²) in [4.78, 5) is 8.00. The molecule has 0 aliphatic rings. The van der Waals surface area contributed by atoms with E-state index in [1.807, 2.05) is 6.79 Å². The van der Waals surface area contributed by atoms with E-state index in [0.29, 0.717) is 0 Å². The largest absolute Gasteiger partial charge is 1.00 e. The minimum atomic E-state index is 0. The van der Waals surface area contributed by atoms with Crippen molar-refractivity contribution in [2.45, 2.75) is 27.7 Å². The maximum absolute atomic E-state index is 8.00. The van der Waals surface area contributed by atoms with Crippen LogP contribution in [0, 0.1) is 27.7 Å². The number of benzene rings is 2. The first-order chi connectivity index (χ1) is 8.61. The van der Waals surface area contributed by atoms with Gasteiger partial charge in [-0.05, 0) is 49.9 Å². The molecule has 2 rings (SSSR count). The van der Waals surface area contributed by atoms with Crippen molar-refractivity contribution in [1.82, 2.24) is 0 Å². The fourth-order valence-corrected chi connectivity index (χ4v) is 1.33. The summed E-state index contributed by atoms with van der Waals surface area (Å²) < 4.78 is 0. The summed E-state index contributed by atoms with van der Waals surface area (Å²) in [5.41, 5.74) is 5.47. The second-order valence-corrected chi connectivity index (χ2v) is 4.17. The molecule has 2 aromatic carbocycles. The maximum Gasteiger partial charge on any atom is 1.00 e. The number of hydrogen-bond acceptors (Lipinski definition) is 1. The molecule has 0 amide bonds. The van der Waals surface area contributed by atoms with Gasteiger partial charge in [-0.15, -0.1) is 0 Å². The summed E-state index contributed by atoms with van der Waals surface area (Å²) in [6.45, 7) is 10.5. The average molecular weight is 250 g/mol. The van der Waals surface area contributed by atoms with Crippen LogP contribution in [0.5, 0.6) is 0 Å². The Labute approximate surface area is 130 Å². The van der Waals surface area contributed by atoms with Crippen LogP contribution >= 0.6 is 0 Å². The van der Waals surface area contributed by atoms with Crippen LogP contribution in [0.1, 0.15) is 23.7 Å². The SMILES string of the molecule is C=O.Cc1ccccc1C.Cc1ccccc1C.[H-].[Li+].